The summed E-state index contributed by atoms with van der Waals surface area (Å²) in [7, 11) is 0. The number of carboxylic acids is 1. The third-order valence-corrected chi connectivity index (χ3v) is 3.28. The van der Waals surface area contributed by atoms with Gasteiger partial charge in [-0.05, 0) is 63.4 Å². The van der Waals surface area contributed by atoms with Crippen molar-refractivity contribution < 1.29 is 24.5 Å². The van der Waals surface area contributed by atoms with E-state index in [1.54, 1.807) is 34.6 Å². The second kappa shape index (κ2) is 5.96. The van der Waals surface area contributed by atoms with E-state index in [0.717, 1.165) is 0 Å². The minimum Gasteiger partial charge on any atom is -0.508 e. The molecule has 0 fully saturated rings. The maximum absolute atomic E-state index is 12.2. The quantitative estimate of drug-likeness (QED) is 0.576. The molecule has 0 aliphatic heterocycles. The second-order valence-corrected chi connectivity index (χ2v) is 6.51. The monoisotopic (exact) mass is 309 g/mol. The fraction of sp³-hybridized carbons (Fsp3) is 0.500. The lowest BCUT2D eigenvalue weighted by Gasteiger charge is -2.29. The molecule has 4 N–H and O–H groups in total. The van der Waals surface area contributed by atoms with Gasteiger partial charge >= 0.3 is 11.9 Å². The Balaban J connectivity index is 3.23. The zero-order valence-corrected chi connectivity index (χ0v) is 13.6. The molecule has 1 rings (SSSR count). The topological polar surface area (TPSA) is 110 Å². The van der Waals surface area contributed by atoms with Gasteiger partial charge in [0, 0.05) is 6.42 Å². The van der Waals surface area contributed by atoms with Gasteiger partial charge in [0.2, 0.25) is 5.54 Å². The number of carbonyl (C=O) groups excluding carboxylic acids is 1. The fourth-order valence-electron chi connectivity index (χ4n) is 2.13. The predicted octanol–water partition coefficient (Wildman–Crippen LogP) is 1.68. The van der Waals surface area contributed by atoms with Crippen molar-refractivity contribution in [3.63, 3.8) is 0 Å². The van der Waals surface area contributed by atoms with Crippen molar-refractivity contribution in [2.24, 2.45) is 5.73 Å². The highest BCUT2D eigenvalue weighted by Crippen LogP contribution is 2.25. The Bertz CT molecular complexity index is 580. The molecule has 122 valence electrons. The molecule has 0 saturated carbocycles. The van der Waals surface area contributed by atoms with Crippen LogP contribution < -0.4 is 5.73 Å². The summed E-state index contributed by atoms with van der Waals surface area (Å²) in [5.41, 5.74) is 4.78. The van der Waals surface area contributed by atoms with Crippen LogP contribution in [-0.2, 0) is 20.7 Å². The van der Waals surface area contributed by atoms with Gasteiger partial charge in [-0.2, -0.15) is 0 Å². The van der Waals surface area contributed by atoms with Crippen molar-refractivity contribution in [1.82, 2.24) is 0 Å². The number of hydrogen-bond donors (Lipinski definition) is 3. The van der Waals surface area contributed by atoms with Crippen molar-refractivity contribution in [3.8, 4) is 5.75 Å². The first kappa shape index (κ1) is 18.0. The third-order valence-electron chi connectivity index (χ3n) is 3.28. The number of aromatic hydroxyl groups is 1. The molecule has 6 heteroatoms. The van der Waals surface area contributed by atoms with Crippen LogP contribution in [0.4, 0.5) is 0 Å². The Morgan fingerprint density at radius 3 is 2.00 bits per heavy atom. The summed E-state index contributed by atoms with van der Waals surface area (Å²) in [6, 6.07) is 3.00. The van der Waals surface area contributed by atoms with Crippen molar-refractivity contribution in [2.75, 3.05) is 0 Å². The summed E-state index contributed by atoms with van der Waals surface area (Å²) in [4.78, 5) is 23.8. The molecule has 0 radical (unpaired) electrons. The van der Waals surface area contributed by atoms with Crippen molar-refractivity contribution >= 4 is 11.9 Å². The SMILES string of the molecule is Cc1cc(O)cc(C)c1CC(N)(C(=O)O)C(=O)OC(C)(C)C. The van der Waals surface area contributed by atoms with E-state index in [2.05, 4.69) is 0 Å². The number of phenols is 1. The van der Waals surface area contributed by atoms with Crippen LogP contribution >= 0.6 is 0 Å². The van der Waals surface area contributed by atoms with Gasteiger partial charge in [0.25, 0.3) is 0 Å². The molecule has 0 heterocycles. The van der Waals surface area contributed by atoms with E-state index in [1.807, 2.05) is 0 Å². The average molecular weight is 309 g/mol. The first-order chi connectivity index (χ1) is 9.86. The van der Waals surface area contributed by atoms with E-state index in [0.29, 0.717) is 16.7 Å². The molecule has 22 heavy (non-hydrogen) atoms. The molecule has 0 aliphatic carbocycles. The standard InChI is InChI=1S/C16H23NO5/c1-9-6-11(18)7-10(2)12(9)8-16(17,13(19)20)14(21)22-15(3,4)5/h6-7,18H,8,17H2,1-5H3,(H,19,20). The first-order valence-electron chi connectivity index (χ1n) is 6.91. The molecule has 1 aromatic rings. The van der Waals surface area contributed by atoms with Crippen LogP contribution in [0.5, 0.6) is 5.75 Å². The van der Waals surface area contributed by atoms with Gasteiger partial charge in [-0.15, -0.1) is 0 Å². The summed E-state index contributed by atoms with van der Waals surface area (Å²) < 4.78 is 5.15. The lowest BCUT2D eigenvalue weighted by Crippen LogP contribution is -2.58. The van der Waals surface area contributed by atoms with Gasteiger partial charge in [-0.3, -0.25) is 0 Å². The minimum absolute atomic E-state index is 0.0777. The molecule has 1 aromatic carbocycles. The molecular formula is C16H23NO5. The summed E-state index contributed by atoms with van der Waals surface area (Å²) >= 11 is 0. The number of hydrogen-bond acceptors (Lipinski definition) is 5. The highest BCUT2D eigenvalue weighted by molar-refractivity contribution is 6.04. The molecule has 6 nitrogen and oxygen atoms in total. The van der Waals surface area contributed by atoms with Crippen LogP contribution in [0.1, 0.15) is 37.5 Å². The van der Waals surface area contributed by atoms with Crippen LogP contribution in [-0.4, -0.2) is 33.3 Å². The van der Waals surface area contributed by atoms with E-state index >= 15 is 0 Å². The van der Waals surface area contributed by atoms with Gasteiger partial charge in [-0.1, -0.05) is 0 Å². The lowest BCUT2D eigenvalue weighted by atomic mass is 9.87. The maximum atomic E-state index is 12.2. The number of carbonyl (C=O) groups is 2. The molecule has 0 aliphatic rings. The Kier molecular flexibility index (Phi) is 4.87. The Hall–Kier alpha value is -2.08. The van der Waals surface area contributed by atoms with E-state index in [4.69, 9.17) is 10.5 Å². The zero-order chi connectivity index (χ0) is 17.3. The van der Waals surface area contributed by atoms with E-state index < -0.39 is 23.1 Å². The number of aliphatic carboxylic acids is 1. The highest BCUT2D eigenvalue weighted by Gasteiger charge is 2.46. The number of phenolic OH excluding ortho intramolecular Hbond substituents is 1. The van der Waals surface area contributed by atoms with Gasteiger partial charge < -0.3 is 20.7 Å². The van der Waals surface area contributed by atoms with E-state index in [-0.39, 0.29) is 12.2 Å². The fourth-order valence-corrected chi connectivity index (χ4v) is 2.13. The predicted molar refractivity (Wildman–Crippen MR) is 81.7 cm³/mol. The number of benzene rings is 1. The molecule has 0 spiro atoms. The van der Waals surface area contributed by atoms with Crippen LogP contribution in [0.25, 0.3) is 0 Å². The third kappa shape index (κ3) is 3.98. The molecular weight excluding hydrogens is 286 g/mol. The maximum Gasteiger partial charge on any atom is 0.338 e. The van der Waals surface area contributed by atoms with Gasteiger partial charge in [0.1, 0.15) is 11.4 Å². The van der Waals surface area contributed by atoms with Crippen LogP contribution in [0.2, 0.25) is 0 Å². The number of esters is 1. The molecule has 0 saturated heterocycles. The molecule has 1 atom stereocenters. The summed E-state index contributed by atoms with van der Waals surface area (Å²) in [6.45, 7) is 8.37. The summed E-state index contributed by atoms with van der Waals surface area (Å²) in [5.74, 6) is -2.36. The lowest BCUT2D eigenvalue weighted by molar-refractivity contribution is -0.169. The summed E-state index contributed by atoms with van der Waals surface area (Å²) in [6.07, 6.45) is -0.213. The number of carboxylic acid groups (broad SMARTS) is 1. The van der Waals surface area contributed by atoms with Gasteiger partial charge in [-0.25, -0.2) is 9.59 Å². The molecule has 0 bridgehead atoms. The van der Waals surface area contributed by atoms with Gasteiger partial charge in [0.15, 0.2) is 0 Å². The largest absolute Gasteiger partial charge is 0.508 e. The van der Waals surface area contributed by atoms with Gasteiger partial charge in [0.05, 0.1) is 0 Å². The van der Waals surface area contributed by atoms with Crippen LogP contribution in [0, 0.1) is 13.8 Å². The minimum atomic E-state index is -2.18. The zero-order valence-electron chi connectivity index (χ0n) is 13.6. The van der Waals surface area contributed by atoms with Crippen molar-refractivity contribution in [2.45, 2.75) is 52.2 Å². The van der Waals surface area contributed by atoms with Crippen LogP contribution in [0.3, 0.4) is 0 Å². The number of aryl methyl sites for hydroxylation is 2. The number of ether oxygens (including phenoxy) is 1. The Morgan fingerprint density at radius 2 is 1.64 bits per heavy atom. The molecule has 1 unspecified atom stereocenters. The van der Waals surface area contributed by atoms with Crippen molar-refractivity contribution in [3.05, 3.63) is 28.8 Å². The molecule has 0 aromatic heterocycles. The second-order valence-electron chi connectivity index (χ2n) is 6.51. The van der Waals surface area contributed by atoms with Crippen LogP contribution in [0.15, 0.2) is 12.1 Å². The summed E-state index contributed by atoms with van der Waals surface area (Å²) in [5, 5.41) is 19.0. The first-order valence-corrected chi connectivity index (χ1v) is 6.91. The van der Waals surface area contributed by atoms with E-state index in [9.17, 15) is 19.8 Å². The average Bonchev–Trinajstić information content (AvgIpc) is 2.30. The molecule has 0 amide bonds. The van der Waals surface area contributed by atoms with Crippen molar-refractivity contribution in [1.29, 1.82) is 0 Å². The Labute approximate surface area is 129 Å². The smallest absolute Gasteiger partial charge is 0.338 e. The van der Waals surface area contributed by atoms with E-state index in [1.165, 1.54) is 12.1 Å². The number of rotatable bonds is 4. The Morgan fingerprint density at radius 1 is 1.18 bits per heavy atom. The number of nitrogens with two attached hydrogens (primary N) is 1. The normalized spacial score (nSPS) is 14.3. The highest BCUT2D eigenvalue weighted by atomic mass is 16.6.